The van der Waals surface area contributed by atoms with Gasteiger partial charge in [-0.15, -0.1) is 11.8 Å². The number of hydrogen-bond donors (Lipinski definition) is 1. The van der Waals surface area contributed by atoms with Crippen molar-refractivity contribution in [2.75, 3.05) is 19.8 Å². The molecule has 0 aliphatic carbocycles. The number of ether oxygens (including phenoxy) is 2. The quantitative estimate of drug-likeness (QED) is 0.410. The standard InChI is InChI=1S/C26H25ClN2O4S2/c1-2-25(14-32-15-25)16-33-22-9-5-8-21(28-22)26(17-10-11-34-13-17)12-19(30)23(24(31)29-26)35-20-7-4-3-6-18(20)27/h3-11,13,23H,2,12,14-16H2,1H3,(H,29,31). The molecular formula is C26H25ClN2O4S2. The molecule has 2 aliphatic heterocycles. The second kappa shape index (κ2) is 9.93. The van der Waals surface area contributed by atoms with Crippen molar-refractivity contribution in [3.8, 4) is 5.88 Å². The average molecular weight is 529 g/mol. The lowest BCUT2D eigenvalue weighted by atomic mass is 9.79. The Morgan fingerprint density at radius 1 is 1.20 bits per heavy atom. The summed E-state index contributed by atoms with van der Waals surface area (Å²) in [6.45, 7) is 3.99. The van der Waals surface area contributed by atoms with E-state index < -0.39 is 10.8 Å². The SMILES string of the molecule is CCC1(COc2cccc(C3(c4ccsc4)CC(=O)C(Sc4ccccc4Cl)C(=O)N3)n2)COC1. The fourth-order valence-electron chi connectivity index (χ4n) is 4.33. The van der Waals surface area contributed by atoms with Gasteiger partial charge in [0, 0.05) is 17.4 Å². The second-order valence-corrected chi connectivity index (χ2v) is 11.3. The molecule has 2 aliphatic rings. The zero-order valence-electron chi connectivity index (χ0n) is 19.2. The predicted molar refractivity (Wildman–Crippen MR) is 137 cm³/mol. The maximum Gasteiger partial charge on any atom is 0.242 e. The van der Waals surface area contributed by atoms with Crippen LogP contribution in [-0.4, -0.2) is 41.7 Å². The van der Waals surface area contributed by atoms with Gasteiger partial charge in [0.1, 0.15) is 10.8 Å². The van der Waals surface area contributed by atoms with Gasteiger partial charge in [-0.3, -0.25) is 9.59 Å². The molecule has 9 heteroatoms. The van der Waals surface area contributed by atoms with Gasteiger partial charge in [0.05, 0.1) is 36.0 Å². The first-order chi connectivity index (χ1) is 16.9. The van der Waals surface area contributed by atoms with Crippen LogP contribution in [0, 0.1) is 5.41 Å². The van der Waals surface area contributed by atoms with Crippen molar-refractivity contribution in [3.05, 3.63) is 75.6 Å². The molecule has 2 saturated heterocycles. The number of Topliss-reactive ketones (excluding diaryl/α,β-unsaturated/α-hetero) is 1. The van der Waals surface area contributed by atoms with Gasteiger partial charge in [0.2, 0.25) is 11.8 Å². The minimum absolute atomic E-state index is 0.0148. The Morgan fingerprint density at radius 2 is 2.03 bits per heavy atom. The van der Waals surface area contributed by atoms with Crippen LogP contribution in [-0.2, 0) is 19.9 Å². The van der Waals surface area contributed by atoms with Crippen molar-refractivity contribution in [2.24, 2.45) is 5.41 Å². The maximum absolute atomic E-state index is 13.4. The van der Waals surface area contributed by atoms with Crippen molar-refractivity contribution in [3.63, 3.8) is 0 Å². The van der Waals surface area contributed by atoms with E-state index in [2.05, 4.69) is 12.2 Å². The summed E-state index contributed by atoms with van der Waals surface area (Å²) >= 11 is 8.97. The van der Waals surface area contributed by atoms with Crippen LogP contribution < -0.4 is 10.1 Å². The monoisotopic (exact) mass is 528 g/mol. The van der Waals surface area contributed by atoms with Crippen LogP contribution in [0.15, 0.2) is 64.2 Å². The third-order valence-electron chi connectivity index (χ3n) is 6.66. The van der Waals surface area contributed by atoms with E-state index in [9.17, 15) is 9.59 Å². The third-order valence-corrected chi connectivity index (χ3v) is 9.10. The highest BCUT2D eigenvalue weighted by Crippen LogP contribution is 2.41. The van der Waals surface area contributed by atoms with Crippen LogP contribution >= 0.6 is 34.7 Å². The first kappa shape index (κ1) is 24.3. The molecule has 1 N–H and O–H groups in total. The number of thiophene rings is 1. The number of nitrogens with one attached hydrogen (secondary N) is 1. The summed E-state index contributed by atoms with van der Waals surface area (Å²) in [5.41, 5.74) is 0.354. The maximum atomic E-state index is 13.4. The van der Waals surface area contributed by atoms with Gasteiger partial charge < -0.3 is 14.8 Å². The van der Waals surface area contributed by atoms with Gasteiger partial charge in [-0.25, -0.2) is 4.98 Å². The number of thioether (sulfide) groups is 1. The molecule has 2 atom stereocenters. The van der Waals surface area contributed by atoms with E-state index in [0.29, 0.717) is 41.3 Å². The van der Waals surface area contributed by atoms with Gasteiger partial charge in [-0.2, -0.15) is 11.3 Å². The van der Waals surface area contributed by atoms with Gasteiger partial charge in [0.15, 0.2) is 5.78 Å². The molecule has 2 unspecified atom stereocenters. The Hall–Kier alpha value is -2.39. The predicted octanol–water partition coefficient (Wildman–Crippen LogP) is 5.10. The summed E-state index contributed by atoms with van der Waals surface area (Å²) in [7, 11) is 0. The van der Waals surface area contributed by atoms with E-state index in [4.69, 9.17) is 26.1 Å². The van der Waals surface area contributed by atoms with Crippen LogP contribution in [0.5, 0.6) is 5.88 Å². The lowest BCUT2D eigenvalue weighted by Gasteiger charge is -2.40. The van der Waals surface area contributed by atoms with Crippen molar-refractivity contribution in [1.29, 1.82) is 0 Å². The van der Waals surface area contributed by atoms with Crippen molar-refractivity contribution >= 4 is 46.4 Å². The van der Waals surface area contributed by atoms with Crippen molar-refractivity contribution in [2.45, 2.75) is 35.4 Å². The molecule has 1 amide bonds. The number of hydrogen-bond acceptors (Lipinski definition) is 7. The summed E-state index contributed by atoms with van der Waals surface area (Å²) in [4.78, 5) is 32.3. The number of nitrogens with zero attached hydrogens (tertiary/aromatic N) is 1. The molecule has 4 heterocycles. The number of aromatic nitrogens is 1. The molecule has 0 bridgehead atoms. The van der Waals surface area contributed by atoms with Crippen LogP contribution in [0.3, 0.4) is 0 Å². The number of benzene rings is 1. The topological polar surface area (TPSA) is 77.5 Å². The molecule has 0 saturated carbocycles. The van der Waals surface area contributed by atoms with E-state index in [-0.39, 0.29) is 23.5 Å². The van der Waals surface area contributed by atoms with Crippen molar-refractivity contribution < 1.29 is 19.1 Å². The third kappa shape index (κ3) is 4.72. The van der Waals surface area contributed by atoms with E-state index in [1.54, 1.807) is 12.1 Å². The normalized spacial score (nSPS) is 23.4. The average Bonchev–Trinajstić information content (AvgIpc) is 3.38. The Morgan fingerprint density at radius 3 is 2.69 bits per heavy atom. The second-order valence-electron chi connectivity index (χ2n) is 8.97. The lowest BCUT2D eigenvalue weighted by molar-refractivity contribution is -0.134. The van der Waals surface area contributed by atoms with Gasteiger partial charge in [-0.1, -0.05) is 36.7 Å². The van der Waals surface area contributed by atoms with Gasteiger partial charge >= 0.3 is 0 Å². The zero-order valence-corrected chi connectivity index (χ0v) is 21.5. The number of pyridine rings is 1. The Bertz CT molecular complexity index is 1210. The van der Waals surface area contributed by atoms with Crippen LogP contribution in [0.1, 0.15) is 31.0 Å². The largest absolute Gasteiger partial charge is 0.477 e. The molecule has 3 aromatic rings. The highest BCUT2D eigenvalue weighted by molar-refractivity contribution is 8.01. The highest BCUT2D eigenvalue weighted by Gasteiger charge is 2.48. The Balaban J connectivity index is 1.43. The molecule has 2 aromatic heterocycles. The number of halogens is 1. The molecule has 2 fully saturated rings. The fraction of sp³-hybridized carbons (Fsp3) is 0.346. The number of rotatable bonds is 8. The van der Waals surface area contributed by atoms with Crippen LogP contribution in [0.25, 0.3) is 0 Å². The molecular weight excluding hydrogens is 504 g/mol. The Kier molecular flexibility index (Phi) is 6.90. The first-order valence-corrected chi connectivity index (χ1v) is 13.6. The Labute approximate surface area is 217 Å². The number of carbonyl (C=O) groups excluding carboxylic acids is 2. The summed E-state index contributed by atoms with van der Waals surface area (Å²) in [6.07, 6.45) is 1.04. The first-order valence-electron chi connectivity index (χ1n) is 11.4. The minimum Gasteiger partial charge on any atom is -0.477 e. The van der Waals surface area contributed by atoms with Crippen LogP contribution in [0.2, 0.25) is 5.02 Å². The number of piperidine rings is 1. The minimum atomic E-state index is -1.06. The van der Waals surface area contributed by atoms with E-state index in [0.717, 1.165) is 12.0 Å². The molecule has 5 rings (SSSR count). The van der Waals surface area contributed by atoms with E-state index in [1.165, 1.54) is 23.1 Å². The summed E-state index contributed by atoms with van der Waals surface area (Å²) in [5, 5.41) is 6.65. The van der Waals surface area contributed by atoms with E-state index in [1.807, 2.05) is 47.2 Å². The lowest BCUT2D eigenvalue weighted by Crippen LogP contribution is -2.58. The number of ketones is 1. The summed E-state index contributed by atoms with van der Waals surface area (Å²) in [5.74, 6) is -0.0670. The van der Waals surface area contributed by atoms with Gasteiger partial charge in [-0.05, 0) is 47.0 Å². The van der Waals surface area contributed by atoms with Crippen LogP contribution in [0.4, 0.5) is 0 Å². The number of amides is 1. The molecule has 182 valence electrons. The van der Waals surface area contributed by atoms with Gasteiger partial charge in [0.25, 0.3) is 0 Å². The zero-order chi connectivity index (χ0) is 24.5. The highest BCUT2D eigenvalue weighted by atomic mass is 35.5. The molecule has 6 nitrogen and oxygen atoms in total. The molecule has 1 aromatic carbocycles. The van der Waals surface area contributed by atoms with Crippen molar-refractivity contribution in [1.82, 2.24) is 10.3 Å². The molecule has 35 heavy (non-hydrogen) atoms. The number of carbonyl (C=O) groups is 2. The smallest absolute Gasteiger partial charge is 0.242 e. The summed E-state index contributed by atoms with van der Waals surface area (Å²) in [6, 6.07) is 14.6. The summed E-state index contributed by atoms with van der Waals surface area (Å²) < 4.78 is 11.5. The van der Waals surface area contributed by atoms with E-state index >= 15 is 0 Å². The fourth-order valence-corrected chi connectivity index (χ4v) is 6.30. The molecule has 0 radical (unpaired) electrons. The molecule has 0 spiro atoms.